The highest BCUT2D eigenvalue weighted by Gasteiger charge is 2.39. The molecule has 0 amide bonds. The molecule has 2 heterocycles. The van der Waals surface area contributed by atoms with Crippen LogP contribution < -0.4 is 9.47 Å². The molecular formula is C14H16BrClO3. The van der Waals surface area contributed by atoms with Gasteiger partial charge >= 0.3 is 0 Å². The first-order valence-corrected chi connectivity index (χ1v) is 7.76. The van der Waals surface area contributed by atoms with E-state index in [2.05, 4.69) is 22.9 Å². The van der Waals surface area contributed by atoms with Crippen LogP contribution in [0, 0.1) is 0 Å². The summed E-state index contributed by atoms with van der Waals surface area (Å²) in [5.41, 5.74) is 0.781. The molecule has 1 aromatic carbocycles. The van der Waals surface area contributed by atoms with Crippen LogP contribution in [0.5, 0.6) is 11.5 Å². The van der Waals surface area contributed by atoms with E-state index in [9.17, 15) is 0 Å². The van der Waals surface area contributed by atoms with Gasteiger partial charge in [0.15, 0.2) is 11.5 Å². The van der Waals surface area contributed by atoms with E-state index >= 15 is 0 Å². The van der Waals surface area contributed by atoms with E-state index in [4.69, 9.17) is 25.8 Å². The number of rotatable bonds is 2. The predicted octanol–water partition coefficient (Wildman–Crippen LogP) is 4.12. The molecule has 0 saturated carbocycles. The first kappa shape index (κ1) is 13.5. The largest absolute Gasteiger partial charge is 0.486 e. The highest BCUT2D eigenvalue weighted by molar-refractivity contribution is 9.09. The quantitative estimate of drug-likeness (QED) is 0.753. The van der Waals surface area contributed by atoms with E-state index in [1.165, 1.54) is 0 Å². The van der Waals surface area contributed by atoms with E-state index in [0.717, 1.165) is 36.5 Å². The number of halogens is 2. The molecule has 0 radical (unpaired) electrons. The third-order valence-electron chi connectivity index (χ3n) is 3.72. The van der Waals surface area contributed by atoms with Crippen molar-refractivity contribution in [3.63, 3.8) is 0 Å². The minimum absolute atomic E-state index is 0.0471. The molecule has 0 aliphatic carbocycles. The summed E-state index contributed by atoms with van der Waals surface area (Å²) >= 11 is 10.1. The molecule has 5 heteroatoms. The molecule has 2 unspecified atom stereocenters. The second-order valence-electron chi connectivity index (χ2n) is 5.14. The van der Waals surface area contributed by atoms with Crippen molar-refractivity contribution in [2.45, 2.75) is 30.2 Å². The summed E-state index contributed by atoms with van der Waals surface area (Å²) in [7, 11) is 0. The zero-order valence-electron chi connectivity index (χ0n) is 10.7. The highest BCUT2D eigenvalue weighted by atomic mass is 79.9. The van der Waals surface area contributed by atoms with Crippen molar-refractivity contribution < 1.29 is 14.2 Å². The number of fused-ring (bicyclic) bond motifs is 1. The van der Waals surface area contributed by atoms with Crippen LogP contribution in [0.25, 0.3) is 0 Å². The van der Waals surface area contributed by atoms with Gasteiger partial charge in [-0.1, -0.05) is 27.5 Å². The van der Waals surface area contributed by atoms with Gasteiger partial charge in [0.2, 0.25) is 0 Å². The minimum atomic E-state index is -0.215. The molecule has 2 atom stereocenters. The number of hydrogen-bond acceptors (Lipinski definition) is 3. The minimum Gasteiger partial charge on any atom is -0.486 e. The molecule has 1 fully saturated rings. The van der Waals surface area contributed by atoms with E-state index in [0.29, 0.717) is 18.2 Å². The number of ether oxygens (including phenoxy) is 3. The van der Waals surface area contributed by atoms with Crippen molar-refractivity contribution in [3.8, 4) is 11.5 Å². The SMILES string of the molecule is CC1(C(Br)c2cc3c(cc2Cl)OCCO3)CCCO1. The summed E-state index contributed by atoms with van der Waals surface area (Å²) in [5, 5.41) is 0.683. The van der Waals surface area contributed by atoms with Crippen LogP contribution in [0.3, 0.4) is 0 Å². The summed E-state index contributed by atoms with van der Waals surface area (Å²) in [4.78, 5) is 0.0471. The molecule has 0 aromatic heterocycles. The van der Waals surface area contributed by atoms with Crippen molar-refractivity contribution in [2.75, 3.05) is 19.8 Å². The van der Waals surface area contributed by atoms with Gasteiger partial charge in [-0.05, 0) is 31.4 Å². The molecule has 0 N–H and O–H groups in total. The number of hydrogen-bond donors (Lipinski definition) is 0. The molecule has 1 saturated heterocycles. The maximum atomic E-state index is 6.38. The van der Waals surface area contributed by atoms with Gasteiger partial charge in [0, 0.05) is 17.7 Å². The van der Waals surface area contributed by atoms with Crippen LogP contribution >= 0.6 is 27.5 Å². The first-order valence-electron chi connectivity index (χ1n) is 6.47. The van der Waals surface area contributed by atoms with Crippen molar-refractivity contribution >= 4 is 27.5 Å². The zero-order valence-corrected chi connectivity index (χ0v) is 13.1. The fraction of sp³-hybridized carbons (Fsp3) is 0.571. The molecule has 19 heavy (non-hydrogen) atoms. The Kier molecular flexibility index (Phi) is 3.67. The van der Waals surface area contributed by atoms with E-state index < -0.39 is 0 Å². The van der Waals surface area contributed by atoms with Gasteiger partial charge < -0.3 is 14.2 Å². The van der Waals surface area contributed by atoms with Gasteiger partial charge in [-0.25, -0.2) is 0 Å². The average Bonchev–Trinajstić information content (AvgIpc) is 2.85. The van der Waals surface area contributed by atoms with Crippen molar-refractivity contribution in [1.82, 2.24) is 0 Å². The third-order valence-corrected chi connectivity index (χ3v) is 5.51. The molecule has 2 aliphatic heterocycles. The molecule has 0 bridgehead atoms. The molecule has 104 valence electrons. The predicted molar refractivity (Wildman–Crippen MR) is 77.7 cm³/mol. The number of benzene rings is 1. The maximum absolute atomic E-state index is 6.38. The average molecular weight is 348 g/mol. The monoisotopic (exact) mass is 346 g/mol. The Morgan fingerprint density at radius 3 is 2.53 bits per heavy atom. The number of alkyl halides is 1. The van der Waals surface area contributed by atoms with E-state index in [1.807, 2.05) is 12.1 Å². The van der Waals surface area contributed by atoms with Crippen LogP contribution in [0.2, 0.25) is 5.02 Å². The lowest BCUT2D eigenvalue weighted by atomic mass is 9.93. The molecule has 2 aliphatic rings. The van der Waals surface area contributed by atoms with Gasteiger partial charge in [0.1, 0.15) is 13.2 Å². The van der Waals surface area contributed by atoms with Crippen molar-refractivity contribution in [2.24, 2.45) is 0 Å². The lowest BCUT2D eigenvalue weighted by Crippen LogP contribution is -2.28. The molecule has 3 nitrogen and oxygen atoms in total. The Morgan fingerprint density at radius 2 is 1.89 bits per heavy atom. The van der Waals surface area contributed by atoms with Crippen molar-refractivity contribution in [3.05, 3.63) is 22.7 Å². The fourth-order valence-electron chi connectivity index (χ4n) is 2.60. The summed E-state index contributed by atoms with van der Waals surface area (Å²) < 4.78 is 17.0. The summed E-state index contributed by atoms with van der Waals surface area (Å²) in [6, 6.07) is 3.79. The van der Waals surface area contributed by atoms with Crippen LogP contribution in [0.1, 0.15) is 30.2 Å². The smallest absolute Gasteiger partial charge is 0.162 e. The Hall–Kier alpha value is -0.450. The van der Waals surface area contributed by atoms with Crippen LogP contribution in [-0.2, 0) is 4.74 Å². The van der Waals surface area contributed by atoms with Gasteiger partial charge in [-0.2, -0.15) is 0 Å². The summed E-state index contributed by atoms with van der Waals surface area (Å²) in [6.45, 7) is 4.07. The molecule has 3 rings (SSSR count). The fourth-order valence-corrected chi connectivity index (χ4v) is 3.74. The Balaban J connectivity index is 1.95. The molecular weight excluding hydrogens is 332 g/mol. The topological polar surface area (TPSA) is 27.7 Å². The second kappa shape index (κ2) is 5.15. The molecule has 1 aromatic rings. The normalized spacial score (nSPS) is 27.3. The summed E-state index contributed by atoms with van der Waals surface area (Å²) in [6.07, 6.45) is 2.11. The van der Waals surface area contributed by atoms with Gasteiger partial charge in [-0.15, -0.1) is 0 Å². The van der Waals surface area contributed by atoms with Gasteiger partial charge in [0.25, 0.3) is 0 Å². The molecule has 0 spiro atoms. The Bertz CT molecular complexity index is 486. The lowest BCUT2D eigenvalue weighted by Gasteiger charge is -2.31. The first-order chi connectivity index (χ1) is 9.10. The maximum Gasteiger partial charge on any atom is 0.162 e. The van der Waals surface area contributed by atoms with Crippen LogP contribution in [0.15, 0.2) is 12.1 Å². The van der Waals surface area contributed by atoms with Crippen LogP contribution in [0.4, 0.5) is 0 Å². The van der Waals surface area contributed by atoms with Gasteiger partial charge in [-0.3, -0.25) is 0 Å². The van der Waals surface area contributed by atoms with E-state index in [1.54, 1.807) is 0 Å². The zero-order chi connectivity index (χ0) is 13.5. The standard InChI is InChI=1S/C14H16BrClO3/c1-14(3-2-4-19-14)13(15)9-7-11-12(8-10(9)16)18-6-5-17-11/h7-8,13H,2-6H2,1H3. The Morgan fingerprint density at radius 1 is 1.21 bits per heavy atom. The van der Waals surface area contributed by atoms with Gasteiger partial charge in [0.05, 0.1) is 10.4 Å². The van der Waals surface area contributed by atoms with Crippen molar-refractivity contribution in [1.29, 1.82) is 0 Å². The highest BCUT2D eigenvalue weighted by Crippen LogP contribution is 2.48. The summed E-state index contributed by atoms with van der Waals surface area (Å²) in [5.74, 6) is 1.48. The third kappa shape index (κ3) is 2.46. The Labute approximate surface area is 126 Å². The van der Waals surface area contributed by atoms with E-state index in [-0.39, 0.29) is 10.4 Å². The second-order valence-corrected chi connectivity index (χ2v) is 6.47. The lowest BCUT2D eigenvalue weighted by molar-refractivity contribution is 0.0197. The van der Waals surface area contributed by atoms with Crippen LogP contribution in [-0.4, -0.2) is 25.4 Å².